The highest BCUT2D eigenvalue weighted by atomic mass is 31.2. The molecule has 0 fully saturated rings. The minimum Gasteiger partial charge on any atom is -0.344 e. The first-order valence-corrected chi connectivity index (χ1v) is 5.57. The van der Waals surface area contributed by atoms with E-state index in [9.17, 15) is 0 Å². The first-order valence-electron chi connectivity index (χ1n) is 3.80. The van der Waals surface area contributed by atoms with Gasteiger partial charge in [-0.05, 0) is 13.1 Å². The summed E-state index contributed by atoms with van der Waals surface area (Å²) in [6.45, 7) is 9.02. The highest BCUT2D eigenvalue weighted by Gasteiger charge is 1.87. The van der Waals surface area contributed by atoms with Crippen LogP contribution in [0.1, 0.15) is 33.6 Å². The molecule has 0 aliphatic rings. The molecule has 0 aromatic carbocycles. The Balaban J connectivity index is 0. The van der Waals surface area contributed by atoms with Crippen molar-refractivity contribution in [3.63, 3.8) is 0 Å². The summed E-state index contributed by atoms with van der Waals surface area (Å²) in [5.74, 6) is 0. The normalized spacial score (nSPS) is 11.7. The summed E-state index contributed by atoms with van der Waals surface area (Å²) in [5.41, 5.74) is 5.32. The highest BCUT2D eigenvalue weighted by Crippen LogP contribution is 2.19. The average Bonchev–Trinajstić information content (AvgIpc) is 1.85. The second-order valence-electron chi connectivity index (χ2n) is 2.09. The zero-order valence-corrected chi connectivity index (χ0v) is 8.45. The Labute approximate surface area is 66.0 Å². The lowest BCUT2D eigenvalue weighted by atomic mass is 10.5. The van der Waals surface area contributed by atoms with Gasteiger partial charge in [0.15, 0.2) is 0 Å². The number of nitrogens with two attached hydrogens (primary N) is 1. The van der Waals surface area contributed by atoms with Crippen LogP contribution in [0.25, 0.3) is 0 Å². The lowest BCUT2D eigenvalue weighted by Gasteiger charge is -2.02. The van der Waals surface area contributed by atoms with Crippen LogP contribution in [0.15, 0.2) is 0 Å². The molecule has 0 radical (unpaired) electrons. The van der Waals surface area contributed by atoms with Gasteiger partial charge in [-0.25, -0.2) is 0 Å². The van der Waals surface area contributed by atoms with Crippen molar-refractivity contribution in [2.45, 2.75) is 33.6 Å². The lowest BCUT2D eigenvalue weighted by molar-refractivity contribution is 0.354. The molecule has 0 amide bonds. The van der Waals surface area contributed by atoms with Gasteiger partial charge < -0.3 is 4.52 Å². The summed E-state index contributed by atoms with van der Waals surface area (Å²) in [6.07, 6.45) is 2.31. The van der Waals surface area contributed by atoms with Gasteiger partial charge in [0.05, 0.1) is 14.9 Å². The van der Waals surface area contributed by atoms with Crippen molar-refractivity contribution >= 4 is 8.30 Å². The van der Waals surface area contributed by atoms with Crippen LogP contribution in [-0.2, 0) is 4.52 Å². The summed E-state index contributed by atoms with van der Waals surface area (Å²) in [7, 11) is -0.606. The van der Waals surface area contributed by atoms with Gasteiger partial charge in [0.25, 0.3) is 0 Å². The molecule has 1 atom stereocenters. The molecule has 64 valence electrons. The van der Waals surface area contributed by atoms with E-state index in [4.69, 9.17) is 10.0 Å². The Hall–Kier alpha value is 0.350. The van der Waals surface area contributed by atoms with Gasteiger partial charge in [0.2, 0.25) is 0 Å². The van der Waals surface area contributed by atoms with Crippen molar-refractivity contribution in [2.24, 2.45) is 5.50 Å². The molecule has 0 rings (SSSR count). The van der Waals surface area contributed by atoms with Gasteiger partial charge in [-0.3, -0.25) is 5.50 Å². The van der Waals surface area contributed by atoms with Crippen LogP contribution in [0.3, 0.4) is 0 Å². The topological polar surface area (TPSA) is 35.2 Å². The van der Waals surface area contributed by atoms with E-state index >= 15 is 0 Å². The predicted octanol–water partition coefficient (Wildman–Crippen LogP) is 2.73. The third-order valence-corrected chi connectivity index (χ3v) is 1.09. The van der Waals surface area contributed by atoms with Crippen molar-refractivity contribution in [1.29, 1.82) is 0 Å². The Morgan fingerprint density at radius 2 is 1.70 bits per heavy atom. The van der Waals surface area contributed by atoms with Gasteiger partial charge in [0, 0.05) is 0 Å². The maximum atomic E-state index is 5.32. The molecule has 1 unspecified atom stereocenters. The molecule has 0 heterocycles. The number of hydrogen-bond donors (Lipinski definition) is 1. The molecular weight excluding hydrogens is 145 g/mol. The predicted molar refractivity (Wildman–Crippen MR) is 49.2 cm³/mol. The first kappa shape index (κ1) is 13.0. The standard InChI is InChI=1S/C4H12NOP.C3H8/c1-3-4-6-7(2)5;1-3-2/h3-5H2,1-2H3;3H2,1-2H3. The third-order valence-electron chi connectivity index (χ3n) is 0.499. The molecule has 10 heavy (non-hydrogen) atoms. The van der Waals surface area contributed by atoms with Crippen LogP contribution in [0, 0.1) is 0 Å². The van der Waals surface area contributed by atoms with E-state index in [0.717, 1.165) is 13.0 Å². The van der Waals surface area contributed by atoms with Crippen molar-refractivity contribution in [1.82, 2.24) is 0 Å². The third kappa shape index (κ3) is 23.8. The van der Waals surface area contributed by atoms with Crippen LogP contribution >= 0.6 is 8.30 Å². The minimum atomic E-state index is -0.606. The molecule has 2 nitrogen and oxygen atoms in total. The fraction of sp³-hybridized carbons (Fsp3) is 1.00. The van der Waals surface area contributed by atoms with E-state index in [-0.39, 0.29) is 0 Å². The molecule has 0 saturated heterocycles. The zero-order chi connectivity index (χ0) is 8.41. The fourth-order valence-electron chi connectivity index (χ4n) is 0.235. The van der Waals surface area contributed by atoms with E-state index in [1.165, 1.54) is 6.42 Å². The van der Waals surface area contributed by atoms with Gasteiger partial charge in [-0.1, -0.05) is 27.2 Å². The van der Waals surface area contributed by atoms with Crippen LogP contribution < -0.4 is 5.50 Å². The second-order valence-corrected chi connectivity index (χ2v) is 3.44. The summed E-state index contributed by atoms with van der Waals surface area (Å²) >= 11 is 0. The molecule has 0 aromatic rings. The van der Waals surface area contributed by atoms with Crippen molar-refractivity contribution < 1.29 is 4.52 Å². The van der Waals surface area contributed by atoms with Crippen LogP contribution in [0.2, 0.25) is 0 Å². The molecule has 0 bridgehead atoms. The molecule has 0 saturated carbocycles. The van der Waals surface area contributed by atoms with Crippen molar-refractivity contribution in [3.8, 4) is 0 Å². The summed E-state index contributed by atoms with van der Waals surface area (Å²) in [5, 5.41) is 0. The minimum absolute atomic E-state index is 0.606. The van der Waals surface area contributed by atoms with Crippen molar-refractivity contribution in [2.75, 3.05) is 13.3 Å². The van der Waals surface area contributed by atoms with E-state index in [2.05, 4.69) is 20.8 Å². The Morgan fingerprint density at radius 3 is 1.80 bits per heavy atom. The van der Waals surface area contributed by atoms with E-state index < -0.39 is 8.30 Å². The van der Waals surface area contributed by atoms with Gasteiger partial charge in [-0.15, -0.1) is 0 Å². The average molecular weight is 165 g/mol. The first-order chi connectivity index (χ1) is 4.68. The molecule has 0 aromatic heterocycles. The molecule has 3 heteroatoms. The number of rotatable bonds is 3. The fourth-order valence-corrected chi connectivity index (χ4v) is 0.706. The zero-order valence-electron chi connectivity index (χ0n) is 7.55. The Kier molecular flexibility index (Phi) is 15.7. The smallest absolute Gasteiger partial charge is 0.0950 e. The molecular formula is C7H20NOP. The molecule has 0 aliphatic carbocycles. The largest absolute Gasteiger partial charge is 0.344 e. The SMILES string of the molecule is CCC.CCCOP(C)N. The van der Waals surface area contributed by atoms with Gasteiger partial charge >= 0.3 is 0 Å². The second kappa shape index (κ2) is 12.1. The quantitative estimate of drug-likeness (QED) is 0.652. The number of hydrogen-bond acceptors (Lipinski definition) is 2. The summed E-state index contributed by atoms with van der Waals surface area (Å²) < 4.78 is 5.03. The Morgan fingerprint density at radius 1 is 1.30 bits per heavy atom. The molecule has 2 N–H and O–H groups in total. The summed E-state index contributed by atoms with van der Waals surface area (Å²) in [6, 6.07) is 0. The maximum Gasteiger partial charge on any atom is 0.0950 e. The molecule has 0 aliphatic heterocycles. The Bertz CT molecular complexity index is 50.9. The van der Waals surface area contributed by atoms with Crippen LogP contribution in [0.5, 0.6) is 0 Å². The highest BCUT2D eigenvalue weighted by molar-refractivity contribution is 7.48. The lowest BCUT2D eigenvalue weighted by Crippen LogP contribution is -1.92. The monoisotopic (exact) mass is 165 g/mol. The maximum absolute atomic E-state index is 5.32. The molecule has 0 spiro atoms. The van der Waals surface area contributed by atoms with E-state index in [1.54, 1.807) is 0 Å². The van der Waals surface area contributed by atoms with E-state index in [1.807, 2.05) is 6.66 Å². The van der Waals surface area contributed by atoms with Crippen LogP contribution in [-0.4, -0.2) is 13.3 Å². The van der Waals surface area contributed by atoms with Crippen LogP contribution in [0.4, 0.5) is 0 Å². The van der Waals surface area contributed by atoms with Gasteiger partial charge in [-0.2, -0.15) is 0 Å². The summed E-state index contributed by atoms with van der Waals surface area (Å²) in [4.78, 5) is 0. The van der Waals surface area contributed by atoms with Crippen molar-refractivity contribution in [3.05, 3.63) is 0 Å². The van der Waals surface area contributed by atoms with Gasteiger partial charge in [0.1, 0.15) is 0 Å². The van der Waals surface area contributed by atoms with E-state index in [0.29, 0.717) is 0 Å².